The van der Waals surface area contributed by atoms with E-state index in [9.17, 15) is 4.79 Å². The van der Waals surface area contributed by atoms with Gasteiger partial charge in [-0.2, -0.15) is 5.10 Å². The number of pyridine rings is 2. The zero-order chi connectivity index (χ0) is 19.4. The fraction of sp³-hybridized carbons (Fsp3) is 0.316. The van der Waals surface area contributed by atoms with Gasteiger partial charge in [0.15, 0.2) is 12.1 Å². The summed E-state index contributed by atoms with van der Waals surface area (Å²) in [5.74, 6) is 1.39. The molecular formula is C19H21N5O3. The molecule has 1 atom stereocenters. The summed E-state index contributed by atoms with van der Waals surface area (Å²) in [5, 5.41) is 4.28. The van der Waals surface area contributed by atoms with Crippen LogP contribution in [0.1, 0.15) is 48.8 Å². The van der Waals surface area contributed by atoms with Crippen LogP contribution in [0, 0.1) is 0 Å². The van der Waals surface area contributed by atoms with Gasteiger partial charge in [0.2, 0.25) is 5.88 Å². The smallest absolute Gasteiger partial charge is 0.213 e. The summed E-state index contributed by atoms with van der Waals surface area (Å²) in [6.07, 6.45) is 5.02. The Labute approximate surface area is 157 Å². The minimum Gasteiger partial charge on any atom is -0.484 e. The van der Waals surface area contributed by atoms with Gasteiger partial charge in [-0.3, -0.25) is 9.78 Å². The number of rotatable bonds is 7. The van der Waals surface area contributed by atoms with Crippen LogP contribution >= 0.6 is 0 Å². The lowest BCUT2D eigenvalue weighted by atomic mass is 10.1. The van der Waals surface area contributed by atoms with E-state index in [2.05, 4.69) is 20.1 Å². The first-order valence-corrected chi connectivity index (χ1v) is 8.55. The number of carbonyl (C=O) groups excluding carboxylic acids is 1. The van der Waals surface area contributed by atoms with Crippen molar-refractivity contribution in [3.05, 3.63) is 48.0 Å². The first kappa shape index (κ1) is 18.5. The maximum atomic E-state index is 11.4. The largest absolute Gasteiger partial charge is 0.484 e. The maximum absolute atomic E-state index is 11.4. The molecule has 0 aliphatic rings. The van der Waals surface area contributed by atoms with Crippen molar-refractivity contribution in [1.29, 1.82) is 0 Å². The van der Waals surface area contributed by atoms with Crippen LogP contribution in [0.15, 0.2) is 36.9 Å². The zero-order valence-corrected chi connectivity index (χ0v) is 15.7. The molecule has 0 fully saturated rings. The molecule has 0 N–H and O–H groups in total. The summed E-state index contributed by atoms with van der Waals surface area (Å²) >= 11 is 0. The zero-order valence-electron chi connectivity index (χ0n) is 15.7. The Balaban J connectivity index is 1.96. The van der Waals surface area contributed by atoms with Crippen molar-refractivity contribution in [2.24, 2.45) is 0 Å². The number of methoxy groups -OCH3 is 1. The highest BCUT2D eigenvalue weighted by molar-refractivity contribution is 5.79. The molecule has 3 rings (SSSR count). The molecule has 140 valence electrons. The lowest BCUT2D eigenvalue weighted by Crippen LogP contribution is -2.11. The average Bonchev–Trinajstić information content (AvgIpc) is 3.18. The number of nitrogens with zero attached hydrogens (tertiary/aromatic N) is 5. The molecule has 8 nitrogen and oxygen atoms in total. The summed E-state index contributed by atoms with van der Waals surface area (Å²) in [6, 6.07) is 5.43. The van der Waals surface area contributed by atoms with Gasteiger partial charge in [0.25, 0.3) is 0 Å². The first-order chi connectivity index (χ1) is 13.0. The summed E-state index contributed by atoms with van der Waals surface area (Å²) in [4.78, 5) is 24.4. The standard InChI is InChI=1S/C19H21N5O3/c1-12(2)24-19(22-11-23-24)18-15(6-5-7-20-18)13(3)27-16-9-21-17(26-4)8-14(16)10-25/h5-13H,1-4H3. The van der Waals surface area contributed by atoms with Crippen LogP contribution in [0.2, 0.25) is 0 Å². The molecule has 3 aromatic rings. The Kier molecular flexibility index (Phi) is 5.44. The van der Waals surface area contributed by atoms with Crippen LogP contribution in [0.4, 0.5) is 0 Å². The van der Waals surface area contributed by atoms with Gasteiger partial charge in [-0.1, -0.05) is 6.07 Å². The van der Waals surface area contributed by atoms with Crippen molar-refractivity contribution in [2.45, 2.75) is 32.9 Å². The number of aldehydes is 1. The second-order valence-electron chi connectivity index (χ2n) is 6.21. The van der Waals surface area contributed by atoms with Gasteiger partial charge in [0.1, 0.15) is 23.9 Å². The van der Waals surface area contributed by atoms with E-state index in [1.165, 1.54) is 25.7 Å². The van der Waals surface area contributed by atoms with E-state index in [0.29, 0.717) is 35.0 Å². The highest BCUT2D eigenvalue weighted by Gasteiger charge is 2.20. The van der Waals surface area contributed by atoms with Gasteiger partial charge in [0.05, 0.1) is 18.9 Å². The van der Waals surface area contributed by atoms with Crippen molar-refractivity contribution < 1.29 is 14.3 Å². The second kappa shape index (κ2) is 7.94. The summed E-state index contributed by atoms with van der Waals surface area (Å²) < 4.78 is 12.9. The van der Waals surface area contributed by atoms with Crippen molar-refractivity contribution in [2.75, 3.05) is 7.11 Å². The molecular weight excluding hydrogens is 346 g/mol. The summed E-state index contributed by atoms with van der Waals surface area (Å²) in [7, 11) is 1.49. The molecule has 0 aromatic carbocycles. The highest BCUT2D eigenvalue weighted by Crippen LogP contribution is 2.30. The Hall–Kier alpha value is -3.29. The lowest BCUT2D eigenvalue weighted by molar-refractivity contribution is 0.111. The van der Waals surface area contributed by atoms with Crippen LogP contribution in [-0.2, 0) is 0 Å². The molecule has 3 aromatic heterocycles. The Morgan fingerprint density at radius 2 is 2.00 bits per heavy atom. The van der Waals surface area contributed by atoms with Crippen LogP contribution in [0.3, 0.4) is 0 Å². The molecule has 0 saturated heterocycles. The van der Waals surface area contributed by atoms with E-state index in [1.54, 1.807) is 6.20 Å². The number of aromatic nitrogens is 5. The van der Waals surface area contributed by atoms with Crippen molar-refractivity contribution in [3.8, 4) is 23.1 Å². The fourth-order valence-corrected chi connectivity index (χ4v) is 2.72. The van der Waals surface area contributed by atoms with Gasteiger partial charge in [0, 0.05) is 23.9 Å². The summed E-state index contributed by atoms with van der Waals surface area (Å²) in [5.41, 5.74) is 1.88. The third-order valence-electron chi connectivity index (χ3n) is 4.06. The van der Waals surface area contributed by atoms with E-state index < -0.39 is 0 Å². The van der Waals surface area contributed by atoms with E-state index in [4.69, 9.17) is 9.47 Å². The third kappa shape index (κ3) is 3.79. The molecule has 0 aliphatic heterocycles. The van der Waals surface area contributed by atoms with Crippen LogP contribution in [0.5, 0.6) is 11.6 Å². The average molecular weight is 367 g/mol. The van der Waals surface area contributed by atoms with Gasteiger partial charge in [-0.05, 0) is 26.8 Å². The number of ether oxygens (including phenoxy) is 2. The van der Waals surface area contributed by atoms with E-state index in [0.717, 1.165) is 5.56 Å². The molecule has 0 spiro atoms. The normalized spacial score (nSPS) is 12.0. The van der Waals surface area contributed by atoms with Gasteiger partial charge < -0.3 is 9.47 Å². The monoisotopic (exact) mass is 367 g/mol. The molecule has 8 heteroatoms. The van der Waals surface area contributed by atoms with Crippen molar-refractivity contribution >= 4 is 6.29 Å². The number of hydrogen-bond acceptors (Lipinski definition) is 7. The number of hydrogen-bond donors (Lipinski definition) is 0. The Morgan fingerprint density at radius 1 is 1.19 bits per heavy atom. The van der Waals surface area contributed by atoms with Gasteiger partial charge in [-0.15, -0.1) is 0 Å². The lowest BCUT2D eigenvalue weighted by Gasteiger charge is -2.19. The van der Waals surface area contributed by atoms with E-state index in [1.807, 2.05) is 37.6 Å². The predicted molar refractivity (Wildman–Crippen MR) is 98.9 cm³/mol. The fourth-order valence-electron chi connectivity index (χ4n) is 2.72. The maximum Gasteiger partial charge on any atom is 0.213 e. The van der Waals surface area contributed by atoms with Gasteiger partial charge in [-0.25, -0.2) is 14.6 Å². The molecule has 27 heavy (non-hydrogen) atoms. The van der Waals surface area contributed by atoms with Crippen LogP contribution in [0.25, 0.3) is 11.5 Å². The second-order valence-corrected chi connectivity index (χ2v) is 6.21. The third-order valence-corrected chi connectivity index (χ3v) is 4.06. The topological polar surface area (TPSA) is 92.0 Å². The van der Waals surface area contributed by atoms with E-state index in [-0.39, 0.29) is 12.1 Å². The van der Waals surface area contributed by atoms with Crippen molar-refractivity contribution in [1.82, 2.24) is 24.7 Å². The Morgan fingerprint density at radius 3 is 2.70 bits per heavy atom. The molecule has 0 amide bonds. The molecule has 0 bridgehead atoms. The van der Waals surface area contributed by atoms with Crippen LogP contribution in [-0.4, -0.2) is 38.1 Å². The predicted octanol–water partition coefficient (Wildman–Crippen LogP) is 3.28. The highest BCUT2D eigenvalue weighted by atomic mass is 16.5. The minimum absolute atomic E-state index is 0.140. The van der Waals surface area contributed by atoms with E-state index >= 15 is 0 Å². The molecule has 3 heterocycles. The Bertz CT molecular complexity index is 939. The van der Waals surface area contributed by atoms with Crippen molar-refractivity contribution in [3.63, 3.8) is 0 Å². The number of carbonyl (C=O) groups is 1. The summed E-state index contributed by atoms with van der Waals surface area (Å²) in [6.45, 7) is 5.94. The quantitative estimate of drug-likeness (QED) is 0.592. The molecule has 0 radical (unpaired) electrons. The van der Waals surface area contributed by atoms with Crippen LogP contribution < -0.4 is 9.47 Å². The molecule has 0 aliphatic carbocycles. The van der Waals surface area contributed by atoms with Gasteiger partial charge >= 0.3 is 0 Å². The molecule has 0 saturated carbocycles. The molecule has 1 unspecified atom stereocenters. The first-order valence-electron chi connectivity index (χ1n) is 8.55. The minimum atomic E-state index is -0.389. The SMILES string of the molecule is COc1cc(C=O)c(OC(C)c2cccnc2-c2ncnn2C(C)C)cn1.